The second-order valence-corrected chi connectivity index (χ2v) is 8.24. The molecular formula is C23H22N4O3S. The number of carbonyl (C=O) groups excluding carboxylic acids is 1. The summed E-state index contributed by atoms with van der Waals surface area (Å²) in [4.78, 5) is 39.0. The number of hydrogen-bond donors (Lipinski definition) is 1. The molecule has 4 aromatic rings. The summed E-state index contributed by atoms with van der Waals surface area (Å²) in [5.74, 6) is -0.340. The Bertz CT molecular complexity index is 1390. The van der Waals surface area contributed by atoms with Crippen molar-refractivity contribution in [1.29, 1.82) is 0 Å². The number of anilines is 1. The summed E-state index contributed by atoms with van der Waals surface area (Å²) in [6, 6.07) is 13.4. The van der Waals surface area contributed by atoms with Gasteiger partial charge in [-0.05, 0) is 49.0 Å². The van der Waals surface area contributed by atoms with Crippen LogP contribution in [0.3, 0.4) is 0 Å². The smallest absolute Gasteiger partial charge is 0.324 e. The highest BCUT2D eigenvalue weighted by atomic mass is 32.1. The molecule has 0 fully saturated rings. The number of hydrogen-bond acceptors (Lipinski definition) is 5. The third kappa shape index (κ3) is 4.06. The van der Waals surface area contributed by atoms with E-state index in [0.717, 1.165) is 44.0 Å². The molecule has 1 N–H and O–H groups in total. The summed E-state index contributed by atoms with van der Waals surface area (Å²) in [6.45, 7) is 5.68. The van der Waals surface area contributed by atoms with E-state index in [1.54, 1.807) is 5.38 Å². The van der Waals surface area contributed by atoms with Gasteiger partial charge in [0.15, 0.2) is 5.52 Å². The molecule has 4 rings (SSSR count). The minimum Gasteiger partial charge on any atom is -0.324 e. The van der Waals surface area contributed by atoms with E-state index in [1.807, 2.05) is 63.2 Å². The predicted molar refractivity (Wildman–Crippen MR) is 123 cm³/mol. The molecule has 0 saturated carbocycles. The molecule has 1 amide bonds. The maximum atomic E-state index is 13.2. The molecule has 0 aliphatic heterocycles. The molecular weight excluding hydrogens is 412 g/mol. The average molecular weight is 435 g/mol. The average Bonchev–Trinajstić information content (AvgIpc) is 3.21. The summed E-state index contributed by atoms with van der Waals surface area (Å²) < 4.78 is 6.64. The van der Waals surface area contributed by atoms with Crippen molar-refractivity contribution in [3.8, 4) is 0 Å². The fourth-order valence-corrected chi connectivity index (χ4v) is 4.32. The monoisotopic (exact) mass is 434 g/mol. The molecule has 7 nitrogen and oxygen atoms in total. The van der Waals surface area contributed by atoms with Gasteiger partial charge in [0.2, 0.25) is 5.91 Å². The lowest BCUT2D eigenvalue weighted by Crippen LogP contribution is -2.42. The van der Waals surface area contributed by atoms with E-state index in [9.17, 15) is 14.4 Å². The standard InChI is InChI=1S/C23H22N4O3S/c1-14-6-4-9-17(10-14)11-27-22(29)21-18(13-31-25-21)26(23(27)30)12-19(28)24-20-15(2)7-5-8-16(20)3/h4-10,13H,11-12H2,1-3H3,(H,24,28). The number of benzene rings is 2. The highest BCUT2D eigenvalue weighted by molar-refractivity contribution is 7.04. The Labute approximate surface area is 182 Å². The molecule has 0 spiro atoms. The van der Waals surface area contributed by atoms with Gasteiger partial charge >= 0.3 is 5.69 Å². The normalized spacial score (nSPS) is 11.1. The first kappa shape index (κ1) is 20.7. The zero-order valence-electron chi connectivity index (χ0n) is 17.5. The van der Waals surface area contributed by atoms with Gasteiger partial charge in [0.05, 0.1) is 12.1 Å². The molecule has 0 aliphatic carbocycles. The van der Waals surface area contributed by atoms with Gasteiger partial charge in [0.1, 0.15) is 6.54 Å². The van der Waals surface area contributed by atoms with Crippen LogP contribution in [-0.2, 0) is 17.9 Å². The molecule has 0 aliphatic rings. The summed E-state index contributed by atoms with van der Waals surface area (Å²) >= 11 is 1.09. The van der Waals surface area contributed by atoms with Crippen LogP contribution in [0.4, 0.5) is 5.69 Å². The van der Waals surface area contributed by atoms with E-state index < -0.39 is 11.2 Å². The molecule has 0 radical (unpaired) electrons. The Morgan fingerprint density at radius 1 is 1.03 bits per heavy atom. The van der Waals surface area contributed by atoms with E-state index in [-0.39, 0.29) is 24.5 Å². The van der Waals surface area contributed by atoms with E-state index >= 15 is 0 Å². The summed E-state index contributed by atoms with van der Waals surface area (Å²) in [5.41, 5.74) is 4.06. The van der Waals surface area contributed by atoms with Gasteiger partial charge in [-0.1, -0.05) is 48.0 Å². The number of fused-ring (bicyclic) bond motifs is 1. The molecule has 0 unspecified atom stereocenters. The Morgan fingerprint density at radius 2 is 1.74 bits per heavy atom. The van der Waals surface area contributed by atoms with Gasteiger partial charge in [-0.15, -0.1) is 0 Å². The second kappa shape index (κ2) is 8.31. The van der Waals surface area contributed by atoms with Crippen LogP contribution in [0.25, 0.3) is 11.0 Å². The first-order chi connectivity index (χ1) is 14.8. The molecule has 0 saturated heterocycles. The number of carbonyl (C=O) groups is 1. The predicted octanol–water partition coefficient (Wildman–Crippen LogP) is 3.23. The summed E-state index contributed by atoms with van der Waals surface area (Å²) in [7, 11) is 0. The molecule has 2 heterocycles. The van der Waals surface area contributed by atoms with Crippen LogP contribution >= 0.6 is 11.5 Å². The Morgan fingerprint density at radius 3 is 2.45 bits per heavy atom. The van der Waals surface area contributed by atoms with Crippen molar-refractivity contribution in [3.05, 3.63) is 90.9 Å². The van der Waals surface area contributed by atoms with Gasteiger partial charge in [0, 0.05) is 11.1 Å². The Kier molecular flexibility index (Phi) is 5.56. The minimum absolute atomic E-state index is 0.116. The SMILES string of the molecule is Cc1cccc(Cn2c(=O)c3nscc3n(CC(=O)Nc3c(C)cccc3C)c2=O)c1. The number of aryl methyl sites for hydroxylation is 3. The third-order valence-corrected chi connectivity index (χ3v) is 5.84. The molecule has 31 heavy (non-hydrogen) atoms. The van der Waals surface area contributed by atoms with Crippen LogP contribution in [-0.4, -0.2) is 19.4 Å². The van der Waals surface area contributed by atoms with Crippen molar-refractivity contribution in [2.24, 2.45) is 0 Å². The molecule has 0 atom stereocenters. The number of nitrogens with zero attached hydrogens (tertiary/aromatic N) is 3. The van der Waals surface area contributed by atoms with E-state index in [0.29, 0.717) is 5.52 Å². The lowest BCUT2D eigenvalue weighted by atomic mass is 10.1. The first-order valence-electron chi connectivity index (χ1n) is 9.84. The van der Waals surface area contributed by atoms with Crippen LogP contribution in [0.2, 0.25) is 0 Å². The van der Waals surface area contributed by atoms with Crippen molar-refractivity contribution < 1.29 is 4.79 Å². The quantitative estimate of drug-likeness (QED) is 0.523. The number of amides is 1. The molecule has 0 bridgehead atoms. The summed E-state index contributed by atoms with van der Waals surface area (Å²) in [5, 5.41) is 4.53. The number of aromatic nitrogens is 3. The van der Waals surface area contributed by atoms with Crippen LogP contribution in [0, 0.1) is 20.8 Å². The molecule has 158 valence electrons. The zero-order valence-corrected chi connectivity index (χ0v) is 18.3. The fraction of sp³-hybridized carbons (Fsp3) is 0.217. The second-order valence-electron chi connectivity index (χ2n) is 7.61. The van der Waals surface area contributed by atoms with Gasteiger partial charge in [0.25, 0.3) is 5.56 Å². The molecule has 8 heteroatoms. The van der Waals surface area contributed by atoms with Crippen molar-refractivity contribution in [1.82, 2.24) is 13.5 Å². The highest BCUT2D eigenvalue weighted by Gasteiger charge is 2.18. The van der Waals surface area contributed by atoms with Crippen molar-refractivity contribution in [2.75, 3.05) is 5.32 Å². The number of para-hydroxylation sites is 1. The number of rotatable bonds is 5. The van der Waals surface area contributed by atoms with Crippen LogP contribution in [0.15, 0.2) is 57.4 Å². The van der Waals surface area contributed by atoms with E-state index in [4.69, 9.17) is 0 Å². The Balaban J connectivity index is 1.74. The van der Waals surface area contributed by atoms with Crippen molar-refractivity contribution >= 4 is 34.2 Å². The lowest BCUT2D eigenvalue weighted by Gasteiger charge is -2.14. The van der Waals surface area contributed by atoms with Crippen LogP contribution in [0.1, 0.15) is 22.3 Å². The highest BCUT2D eigenvalue weighted by Crippen LogP contribution is 2.19. The van der Waals surface area contributed by atoms with Gasteiger partial charge in [-0.25, -0.2) is 4.79 Å². The largest absolute Gasteiger partial charge is 0.332 e. The minimum atomic E-state index is -0.532. The van der Waals surface area contributed by atoms with E-state index in [2.05, 4.69) is 9.69 Å². The molecule has 2 aromatic carbocycles. The maximum absolute atomic E-state index is 13.2. The first-order valence-corrected chi connectivity index (χ1v) is 10.7. The van der Waals surface area contributed by atoms with Crippen LogP contribution < -0.4 is 16.6 Å². The number of nitrogens with one attached hydrogen (secondary N) is 1. The lowest BCUT2D eigenvalue weighted by molar-refractivity contribution is -0.116. The van der Waals surface area contributed by atoms with Crippen LogP contribution in [0.5, 0.6) is 0 Å². The maximum Gasteiger partial charge on any atom is 0.332 e. The zero-order chi connectivity index (χ0) is 22.1. The third-order valence-electron chi connectivity index (χ3n) is 5.22. The topological polar surface area (TPSA) is 86.0 Å². The summed E-state index contributed by atoms with van der Waals surface area (Å²) in [6.07, 6.45) is 0. The van der Waals surface area contributed by atoms with E-state index in [1.165, 1.54) is 4.57 Å². The fourth-order valence-electron chi connectivity index (χ4n) is 3.65. The molecule has 2 aromatic heterocycles. The Hall–Kier alpha value is -3.52. The van der Waals surface area contributed by atoms with Gasteiger partial charge in [-0.3, -0.25) is 18.7 Å². The van der Waals surface area contributed by atoms with Crippen molar-refractivity contribution in [3.63, 3.8) is 0 Å². The van der Waals surface area contributed by atoms with Gasteiger partial charge in [-0.2, -0.15) is 4.37 Å². The van der Waals surface area contributed by atoms with Crippen molar-refractivity contribution in [2.45, 2.75) is 33.9 Å². The van der Waals surface area contributed by atoms with Gasteiger partial charge < -0.3 is 5.32 Å².